The summed E-state index contributed by atoms with van der Waals surface area (Å²) >= 11 is 0. The first-order valence-corrected chi connectivity index (χ1v) is 8.08. The van der Waals surface area contributed by atoms with Gasteiger partial charge in [-0.25, -0.2) is 0 Å². The highest BCUT2D eigenvalue weighted by atomic mass is 15.2. The van der Waals surface area contributed by atoms with Gasteiger partial charge in [0.15, 0.2) is 0 Å². The molecule has 0 spiro atoms. The van der Waals surface area contributed by atoms with Crippen molar-refractivity contribution in [1.29, 1.82) is 0 Å². The van der Waals surface area contributed by atoms with Crippen LogP contribution in [-0.2, 0) is 0 Å². The summed E-state index contributed by atoms with van der Waals surface area (Å²) in [4.78, 5) is 5.35. The summed E-state index contributed by atoms with van der Waals surface area (Å²) in [5, 5.41) is 3.71. The quantitative estimate of drug-likeness (QED) is 0.773. The molecule has 104 valence electrons. The zero-order valence-electron chi connectivity index (χ0n) is 11.7. The van der Waals surface area contributed by atoms with Gasteiger partial charge in [-0.3, -0.25) is 0 Å². The molecule has 18 heavy (non-hydrogen) atoms. The van der Waals surface area contributed by atoms with Crippen molar-refractivity contribution in [3.05, 3.63) is 0 Å². The van der Waals surface area contributed by atoms with Crippen LogP contribution in [0.2, 0.25) is 0 Å². The van der Waals surface area contributed by atoms with Crippen LogP contribution in [-0.4, -0.2) is 61.7 Å². The van der Waals surface area contributed by atoms with E-state index in [9.17, 15) is 0 Å². The second-order valence-corrected chi connectivity index (χ2v) is 6.54. The molecule has 1 unspecified atom stereocenters. The van der Waals surface area contributed by atoms with E-state index in [-0.39, 0.29) is 0 Å². The Morgan fingerprint density at radius 2 is 1.56 bits per heavy atom. The first kappa shape index (κ1) is 12.9. The topological polar surface area (TPSA) is 18.5 Å². The molecule has 2 heterocycles. The summed E-state index contributed by atoms with van der Waals surface area (Å²) in [5.41, 5.74) is 0. The maximum absolute atomic E-state index is 3.71. The predicted octanol–water partition coefficient (Wildman–Crippen LogP) is 1.55. The van der Waals surface area contributed by atoms with Gasteiger partial charge >= 0.3 is 0 Å². The van der Waals surface area contributed by atoms with Crippen LogP contribution < -0.4 is 5.32 Å². The Morgan fingerprint density at radius 3 is 2.33 bits per heavy atom. The fourth-order valence-corrected chi connectivity index (χ4v) is 3.43. The van der Waals surface area contributed by atoms with Crippen LogP contribution in [0.25, 0.3) is 0 Å². The van der Waals surface area contributed by atoms with Crippen molar-refractivity contribution in [2.75, 3.05) is 45.8 Å². The van der Waals surface area contributed by atoms with Gasteiger partial charge in [-0.05, 0) is 70.6 Å². The van der Waals surface area contributed by atoms with E-state index in [0.717, 1.165) is 12.0 Å². The van der Waals surface area contributed by atoms with Crippen molar-refractivity contribution >= 4 is 0 Å². The Hall–Kier alpha value is -0.120. The second kappa shape index (κ2) is 6.36. The molecule has 2 aliphatic heterocycles. The van der Waals surface area contributed by atoms with Crippen molar-refractivity contribution < 1.29 is 0 Å². The lowest BCUT2D eigenvalue weighted by molar-refractivity contribution is 0.154. The number of hydrogen-bond donors (Lipinski definition) is 1. The molecule has 1 aliphatic carbocycles. The zero-order chi connectivity index (χ0) is 12.2. The van der Waals surface area contributed by atoms with Gasteiger partial charge in [0, 0.05) is 25.7 Å². The Kier molecular flexibility index (Phi) is 4.55. The molecule has 0 aromatic carbocycles. The fraction of sp³-hybridized carbons (Fsp3) is 1.00. The molecule has 3 aliphatic rings. The van der Waals surface area contributed by atoms with Crippen LogP contribution >= 0.6 is 0 Å². The van der Waals surface area contributed by atoms with Gasteiger partial charge in [-0.1, -0.05) is 0 Å². The Morgan fingerprint density at radius 1 is 0.833 bits per heavy atom. The first-order valence-electron chi connectivity index (χ1n) is 8.08. The second-order valence-electron chi connectivity index (χ2n) is 6.54. The predicted molar refractivity (Wildman–Crippen MR) is 75.9 cm³/mol. The minimum absolute atomic E-state index is 0.880. The van der Waals surface area contributed by atoms with E-state index >= 15 is 0 Å². The molecule has 0 aromatic heterocycles. The van der Waals surface area contributed by atoms with Gasteiger partial charge in [0.1, 0.15) is 0 Å². The van der Waals surface area contributed by atoms with Gasteiger partial charge in [-0.2, -0.15) is 0 Å². The minimum atomic E-state index is 0.880. The number of hydrogen-bond acceptors (Lipinski definition) is 3. The molecule has 0 bridgehead atoms. The van der Waals surface area contributed by atoms with Crippen LogP contribution in [0.3, 0.4) is 0 Å². The van der Waals surface area contributed by atoms with E-state index in [1.165, 1.54) is 84.3 Å². The van der Waals surface area contributed by atoms with Gasteiger partial charge in [0.05, 0.1) is 0 Å². The first-order chi connectivity index (χ1) is 8.90. The highest BCUT2D eigenvalue weighted by Crippen LogP contribution is 2.21. The van der Waals surface area contributed by atoms with Crippen LogP contribution in [0.4, 0.5) is 0 Å². The third-order valence-corrected chi connectivity index (χ3v) is 4.81. The lowest BCUT2D eigenvalue weighted by Gasteiger charge is -2.33. The SMILES string of the molecule is C1CCN(CCN2CCCC(CNC3CC3)C2)C1. The van der Waals surface area contributed by atoms with Crippen molar-refractivity contribution in [3.8, 4) is 0 Å². The standard InChI is InChI=1S/C15H29N3/c1-2-8-17(7-1)10-11-18-9-3-4-14(13-18)12-16-15-5-6-15/h14-16H,1-13H2. The number of nitrogens with zero attached hydrogens (tertiary/aromatic N) is 2. The minimum Gasteiger partial charge on any atom is -0.314 e. The van der Waals surface area contributed by atoms with Crippen LogP contribution in [0.5, 0.6) is 0 Å². The largest absolute Gasteiger partial charge is 0.314 e. The summed E-state index contributed by atoms with van der Waals surface area (Å²) in [7, 11) is 0. The average molecular weight is 251 g/mol. The fourth-order valence-electron chi connectivity index (χ4n) is 3.43. The molecule has 3 nitrogen and oxygen atoms in total. The highest BCUT2D eigenvalue weighted by molar-refractivity contribution is 4.83. The molecule has 0 aromatic rings. The smallest absolute Gasteiger partial charge is 0.0109 e. The van der Waals surface area contributed by atoms with Crippen molar-refractivity contribution in [2.45, 2.75) is 44.6 Å². The van der Waals surface area contributed by atoms with Gasteiger partial charge in [0.2, 0.25) is 0 Å². The molecule has 3 fully saturated rings. The molecule has 1 saturated carbocycles. The highest BCUT2D eigenvalue weighted by Gasteiger charge is 2.24. The Bertz CT molecular complexity index is 246. The molecule has 0 amide bonds. The van der Waals surface area contributed by atoms with Crippen molar-refractivity contribution in [2.24, 2.45) is 5.92 Å². The monoisotopic (exact) mass is 251 g/mol. The van der Waals surface area contributed by atoms with E-state index in [1.54, 1.807) is 0 Å². The summed E-state index contributed by atoms with van der Waals surface area (Å²) in [6, 6.07) is 0.880. The maximum Gasteiger partial charge on any atom is 0.0109 e. The lowest BCUT2D eigenvalue weighted by Crippen LogP contribution is -2.43. The number of piperidine rings is 1. The molecular weight excluding hydrogens is 222 g/mol. The molecule has 3 rings (SSSR count). The molecule has 0 radical (unpaired) electrons. The molecule has 1 atom stereocenters. The third-order valence-electron chi connectivity index (χ3n) is 4.81. The van der Waals surface area contributed by atoms with Gasteiger partial charge in [0.25, 0.3) is 0 Å². The molecule has 1 N–H and O–H groups in total. The van der Waals surface area contributed by atoms with Gasteiger partial charge in [-0.15, -0.1) is 0 Å². The molecular formula is C15H29N3. The normalized spacial score (nSPS) is 31.0. The van der Waals surface area contributed by atoms with E-state index < -0.39 is 0 Å². The lowest BCUT2D eigenvalue weighted by atomic mass is 9.98. The molecule has 3 heteroatoms. The Balaban J connectivity index is 1.33. The molecule has 2 saturated heterocycles. The van der Waals surface area contributed by atoms with E-state index in [2.05, 4.69) is 15.1 Å². The third kappa shape index (κ3) is 3.94. The van der Waals surface area contributed by atoms with Crippen LogP contribution in [0.1, 0.15) is 38.5 Å². The average Bonchev–Trinajstić information content (AvgIpc) is 3.09. The van der Waals surface area contributed by atoms with Crippen LogP contribution in [0.15, 0.2) is 0 Å². The number of rotatable bonds is 6. The van der Waals surface area contributed by atoms with E-state index in [1.807, 2.05) is 0 Å². The Labute approximate surface area is 112 Å². The maximum atomic E-state index is 3.71. The van der Waals surface area contributed by atoms with Gasteiger partial charge < -0.3 is 15.1 Å². The van der Waals surface area contributed by atoms with Crippen molar-refractivity contribution in [3.63, 3.8) is 0 Å². The number of nitrogens with one attached hydrogen (secondary N) is 1. The summed E-state index contributed by atoms with van der Waals surface area (Å²) in [6.45, 7) is 9.26. The van der Waals surface area contributed by atoms with Crippen molar-refractivity contribution in [1.82, 2.24) is 15.1 Å². The summed E-state index contributed by atoms with van der Waals surface area (Å²) in [6.07, 6.45) is 8.55. The summed E-state index contributed by atoms with van der Waals surface area (Å²) < 4.78 is 0. The zero-order valence-corrected chi connectivity index (χ0v) is 11.7. The number of likely N-dealkylation sites (tertiary alicyclic amines) is 2. The van der Waals surface area contributed by atoms with E-state index in [0.29, 0.717) is 0 Å². The van der Waals surface area contributed by atoms with E-state index in [4.69, 9.17) is 0 Å². The van der Waals surface area contributed by atoms with Crippen LogP contribution in [0, 0.1) is 5.92 Å². The summed E-state index contributed by atoms with van der Waals surface area (Å²) in [5.74, 6) is 0.915.